The summed E-state index contributed by atoms with van der Waals surface area (Å²) in [5.41, 5.74) is 1.06. The molecule has 0 bridgehead atoms. The highest BCUT2D eigenvalue weighted by atomic mass is 79.9. The fourth-order valence-electron chi connectivity index (χ4n) is 1.80. The van der Waals surface area contributed by atoms with Crippen LogP contribution in [0.25, 0.3) is 0 Å². The topological polar surface area (TPSA) is 30.5 Å². The molecule has 20 heavy (non-hydrogen) atoms. The van der Waals surface area contributed by atoms with Gasteiger partial charge >= 0.3 is 0 Å². The van der Waals surface area contributed by atoms with Crippen LogP contribution in [-0.4, -0.2) is 19.8 Å². The molecule has 0 radical (unpaired) electrons. The Balaban J connectivity index is 1.83. The average Bonchev–Trinajstić information content (AvgIpc) is 2.47. The Kier molecular flexibility index (Phi) is 5.74. The Morgan fingerprint density at radius 3 is 2.30 bits per heavy atom. The summed E-state index contributed by atoms with van der Waals surface area (Å²) in [4.78, 5) is 0. The van der Waals surface area contributed by atoms with E-state index >= 15 is 0 Å². The minimum absolute atomic E-state index is 0.575. The first kappa shape index (κ1) is 14.7. The van der Waals surface area contributed by atoms with Gasteiger partial charge in [-0.05, 0) is 47.1 Å². The number of hydrogen-bond donors (Lipinski definition) is 1. The lowest BCUT2D eigenvalue weighted by molar-refractivity contribution is 0.284. The molecule has 0 heterocycles. The van der Waals surface area contributed by atoms with Gasteiger partial charge in [-0.25, -0.2) is 0 Å². The fraction of sp³-hybridized carbons (Fsp3) is 0.250. The molecule has 0 saturated heterocycles. The average molecular weight is 336 g/mol. The van der Waals surface area contributed by atoms with Gasteiger partial charge in [0.25, 0.3) is 0 Å². The van der Waals surface area contributed by atoms with Crippen LogP contribution in [0.15, 0.2) is 53.0 Å². The largest absolute Gasteiger partial charge is 0.490 e. The highest BCUT2D eigenvalue weighted by molar-refractivity contribution is 9.10. The van der Waals surface area contributed by atoms with Crippen LogP contribution in [-0.2, 0) is 0 Å². The molecule has 0 aliphatic carbocycles. The number of rotatable bonds is 7. The summed E-state index contributed by atoms with van der Waals surface area (Å²) in [5.74, 6) is 1.57. The molecule has 0 atom stereocenters. The SMILES string of the molecule is CCOc1ccccc1OCCNc1ccccc1Br. The Bertz CT molecular complexity index is 546. The zero-order chi connectivity index (χ0) is 14.2. The van der Waals surface area contributed by atoms with Crippen LogP contribution in [0.1, 0.15) is 6.92 Å². The van der Waals surface area contributed by atoms with Gasteiger partial charge in [0, 0.05) is 16.7 Å². The van der Waals surface area contributed by atoms with Crippen molar-refractivity contribution in [1.29, 1.82) is 0 Å². The van der Waals surface area contributed by atoms with E-state index in [0.29, 0.717) is 13.2 Å². The van der Waals surface area contributed by atoms with Gasteiger partial charge in [-0.3, -0.25) is 0 Å². The van der Waals surface area contributed by atoms with E-state index in [-0.39, 0.29) is 0 Å². The second kappa shape index (κ2) is 7.80. The molecule has 0 aromatic heterocycles. The van der Waals surface area contributed by atoms with E-state index in [1.807, 2.05) is 55.5 Å². The quantitative estimate of drug-likeness (QED) is 0.763. The molecule has 2 aromatic rings. The molecule has 106 valence electrons. The summed E-state index contributed by atoms with van der Waals surface area (Å²) in [6.45, 7) is 3.90. The van der Waals surface area contributed by atoms with E-state index in [1.54, 1.807) is 0 Å². The van der Waals surface area contributed by atoms with Gasteiger partial charge < -0.3 is 14.8 Å². The maximum absolute atomic E-state index is 5.75. The third-order valence-corrected chi connectivity index (χ3v) is 3.39. The molecule has 0 fully saturated rings. The molecule has 0 aliphatic rings. The molecule has 0 unspecified atom stereocenters. The maximum atomic E-state index is 5.75. The summed E-state index contributed by atoms with van der Waals surface area (Å²) in [6, 6.07) is 15.7. The van der Waals surface area contributed by atoms with Crippen molar-refractivity contribution in [2.45, 2.75) is 6.92 Å². The molecule has 2 aromatic carbocycles. The lowest BCUT2D eigenvalue weighted by Crippen LogP contribution is -2.12. The third kappa shape index (κ3) is 4.17. The number of para-hydroxylation sites is 3. The summed E-state index contributed by atoms with van der Waals surface area (Å²) in [6.07, 6.45) is 0. The minimum atomic E-state index is 0.575. The van der Waals surface area contributed by atoms with E-state index in [2.05, 4.69) is 21.2 Å². The molecule has 3 nitrogen and oxygen atoms in total. The number of nitrogens with one attached hydrogen (secondary N) is 1. The predicted octanol–water partition coefficient (Wildman–Crippen LogP) is 4.34. The number of anilines is 1. The van der Waals surface area contributed by atoms with Gasteiger partial charge in [0.15, 0.2) is 11.5 Å². The Hall–Kier alpha value is -1.68. The monoisotopic (exact) mass is 335 g/mol. The molecule has 4 heteroatoms. The highest BCUT2D eigenvalue weighted by Gasteiger charge is 2.03. The maximum Gasteiger partial charge on any atom is 0.161 e. The van der Waals surface area contributed by atoms with Crippen LogP contribution in [0.5, 0.6) is 11.5 Å². The van der Waals surface area contributed by atoms with E-state index in [0.717, 1.165) is 28.2 Å². The smallest absolute Gasteiger partial charge is 0.161 e. The van der Waals surface area contributed by atoms with Crippen LogP contribution in [0.2, 0.25) is 0 Å². The van der Waals surface area contributed by atoms with Crippen LogP contribution >= 0.6 is 15.9 Å². The van der Waals surface area contributed by atoms with Crippen molar-refractivity contribution in [3.63, 3.8) is 0 Å². The zero-order valence-corrected chi connectivity index (χ0v) is 13.0. The molecular weight excluding hydrogens is 318 g/mol. The number of ether oxygens (including phenoxy) is 2. The Labute approximate surface area is 128 Å². The summed E-state index contributed by atoms with van der Waals surface area (Å²) >= 11 is 3.50. The molecule has 1 N–H and O–H groups in total. The second-order valence-electron chi connectivity index (χ2n) is 4.13. The van der Waals surface area contributed by atoms with Crippen molar-refractivity contribution in [1.82, 2.24) is 0 Å². The van der Waals surface area contributed by atoms with Crippen LogP contribution < -0.4 is 14.8 Å². The standard InChI is InChI=1S/C16H18BrNO2/c1-2-19-15-9-5-6-10-16(15)20-12-11-18-14-8-4-3-7-13(14)17/h3-10,18H,2,11-12H2,1H3. The summed E-state index contributed by atoms with van der Waals surface area (Å²) < 4.78 is 12.3. The molecule has 0 spiro atoms. The molecule has 0 saturated carbocycles. The second-order valence-corrected chi connectivity index (χ2v) is 4.99. The molecule has 0 aliphatic heterocycles. The number of benzene rings is 2. The summed E-state index contributed by atoms with van der Waals surface area (Å²) in [5, 5.41) is 3.32. The lowest BCUT2D eigenvalue weighted by Gasteiger charge is -2.12. The van der Waals surface area contributed by atoms with Crippen molar-refractivity contribution in [3.8, 4) is 11.5 Å². The highest BCUT2D eigenvalue weighted by Crippen LogP contribution is 2.26. The fourth-order valence-corrected chi connectivity index (χ4v) is 2.22. The minimum Gasteiger partial charge on any atom is -0.490 e. The third-order valence-electron chi connectivity index (χ3n) is 2.70. The normalized spacial score (nSPS) is 10.1. The first-order chi connectivity index (χ1) is 9.81. The van der Waals surface area contributed by atoms with Gasteiger partial charge in [-0.15, -0.1) is 0 Å². The van der Waals surface area contributed by atoms with Crippen LogP contribution in [0.3, 0.4) is 0 Å². The van der Waals surface area contributed by atoms with Gasteiger partial charge in [0.1, 0.15) is 6.61 Å². The van der Waals surface area contributed by atoms with Crippen molar-refractivity contribution >= 4 is 21.6 Å². The van der Waals surface area contributed by atoms with E-state index in [1.165, 1.54) is 0 Å². The first-order valence-corrected chi connectivity index (χ1v) is 7.43. The predicted molar refractivity (Wildman–Crippen MR) is 85.7 cm³/mol. The van der Waals surface area contributed by atoms with Crippen LogP contribution in [0, 0.1) is 0 Å². The van der Waals surface area contributed by atoms with Crippen molar-refractivity contribution in [2.24, 2.45) is 0 Å². The number of hydrogen-bond acceptors (Lipinski definition) is 3. The van der Waals surface area contributed by atoms with Crippen molar-refractivity contribution < 1.29 is 9.47 Å². The number of halogens is 1. The zero-order valence-electron chi connectivity index (χ0n) is 11.4. The Morgan fingerprint density at radius 1 is 0.950 bits per heavy atom. The lowest BCUT2D eigenvalue weighted by atomic mass is 10.3. The van der Waals surface area contributed by atoms with E-state index in [4.69, 9.17) is 9.47 Å². The van der Waals surface area contributed by atoms with Gasteiger partial charge in [0.2, 0.25) is 0 Å². The van der Waals surface area contributed by atoms with Crippen LogP contribution in [0.4, 0.5) is 5.69 Å². The van der Waals surface area contributed by atoms with Crippen molar-refractivity contribution in [3.05, 3.63) is 53.0 Å². The van der Waals surface area contributed by atoms with Gasteiger partial charge in [-0.1, -0.05) is 24.3 Å². The summed E-state index contributed by atoms with van der Waals surface area (Å²) in [7, 11) is 0. The van der Waals surface area contributed by atoms with E-state index in [9.17, 15) is 0 Å². The Morgan fingerprint density at radius 2 is 1.60 bits per heavy atom. The van der Waals surface area contributed by atoms with E-state index < -0.39 is 0 Å². The molecule has 0 amide bonds. The molecule has 2 rings (SSSR count). The molecular formula is C16H18BrNO2. The first-order valence-electron chi connectivity index (χ1n) is 6.64. The van der Waals surface area contributed by atoms with Crippen molar-refractivity contribution in [2.75, 3.05) is 25.1 Å². The van der Waals surface area contributed by atoms with Gasteiger partial charge in [-0.2, -0.15) is 0 Å². The van der Waals surface area contributed by atoms with Gasteiger partial charge in [0.05, 0.1) is 6.61 Å².